The van der Waals surface area contributed by atoms with Crippen molar-refractivity contribution in [2.75, 3.05) is 13.7 Å². The van der Waals surface area contributed by atoms with E-state index in [1.807, 2.05) is 29.0 Å². The summed E-state index contributed by atoms with van der Waals surface area (Å²) in [5.74, 6) is -0.296. The maximum atomic E-state index is 13.3. The highest BCUT2D eigenvalue weighted by Gasteiger charge is 2.08. The van der Waals surface area contributed by atoms with Gasteiger partial charge in [0.15, 0.2) is 0 Å². The van der Waals surface area contributed by atoms with Gasteiger partial charge in [-0.3, -0.25) is 4.79 Å². The van der Waals surface area contributed by atoms with E-state index in [1.165, 1.54) is 12.1 Å². The first-order valence-electron chi connectivity index (χ1n) is 7.11. The number of ether oxygens (including phenoxy) is 1. The van der Waals surface area contributed by atoms with Crippen molar-refractivity contribution in [3.63, 3.8) is 0 Å². The van der Waals surface area contributed by atoms with Gasteiger partial charge in [0.2, 0.25) is 0 Å². The second-order valence-corrected chi connectivity index (χ2v) is 5.18. The molecule has 3 rings (SSSR count). The topological polar surface area (TPSA) is 36.2 Å². The van der Waals surface area contributed by atoms with Crippen LogP contribution in [0.1, 0.15) is 5.56 Å². The van der Waals surface area contributed by atoms with Crippen molar-refractivity contribution in [3.05, 3.63) is 70.5 Å². The molecule has 22 heavy (non-hydrogen) atoms. The summed E-state index contributed by atoms with van der Waals surface area (Å²) in [5, 5.41) is 0.900. The summed E-state index contributed by atoms with van der Waals surface area (Å²) < 4.78 is 21.8. The van der Waals surface area contributed by atoms with Crippen LogP contribution in [0.5, 0.6) is 0 Å². The van der Waals surface area contributed by atoms with Crippen molar-refractivity contribution >= 4 is 10.9 Å². The Bertz CT molecular complexity index is 851. The van der Waals surface area contributed by atoms with Crippen molar-refractivity contribution in [1.29, 1.82) is 0 Å². The second-order valence-electron chi connectivity index (χ2n) is 5.18. The molecule has 5 heteroatoms. The molecule has 0 aliphatic heterocycles. The summed E-state index contributed by atoms with van der Waals surface area (Å²) in [6, 6.07) is 10.1. The van der Waals surface area contributed by atoms with Gasteiger partial charge >= 0.3 is 0 Å². The van der Waals surface area contributed by atoms with Crippen molar-refractivity contribution < 1.29 is 9.13 Å². The summed E-state index contributed by atoms with van der Waals surface area (Å²) in [4.78, 5) is 12.7. The molecular weight excluding hydrogens is 283 g/mol. The summed E-state index contributed by atoms with van der Waals surface area (Å²) in [5.41, 5.74) is 1.33. The molecule has 0 saturated heterocycles. The second kappa shape index (κ2) is 6.15. The van der Waals surface area contributed by atoms with Crippen molar-refractivity contribution in [2.45, 2.75) is 13.1 Å². The van der Waals surface area contributed by atoms with E-state index in [-0.39, 0.29) is 11.4 Å². The fraction of sp³-hybridized carbons (Fsp3) is 0.235. The Kier molecular flexibility index (Phi) is 4.06. The van der Waals surface area contributed by atoms with Gasteiger partial charge in [0.05, 0.1) is 13.2 Å². The lowest BCUT2D eigenvalue weighted by atomic mass is 10.2. The SMILES string of the molecule is COCCn1ccc2ccn(Cc3cccc(F)c3)c(=O)c21. The average Bonchev–Trinajstić information content (AvgIpc) is 2.92. The number of hydrogen-bond donors (Lipinski definition) is 0. The van der Waals surface area contributed by atoms with Crippen LogP contribution >= 0.6 is 0 Å². The first kappa shape index (κ1) is 14.5. The van der Waals surface area contributed by atoms with Gasteiger partial charge in [-0.05, 0) is 29.8 Å². The van der Waals surface area contributed by atoms with Gasteiger partial charge in [-0.1, -0.05) is 12.1 Å². The fourth-order valence-corrected chi connectivity index (χ4v) is 2.58. The summed E-state index contributed by atoms with van der Waals surface area (Å²) >= 11 is 0. The molecule has 114 valence electrons. The predicted octanol–water partition coefficient (Wildman–Crippen LogP) is 2.64. The Morgan fingerprint density at radius 2 is 1.91 bits per heavy atom. The Labute approximate surface area is 127 Å². The van der Waals surface area contributed by atoms with Crippen LogP contribution < -0.4 is 5.56 Å². The molecule has 4 nitrogen and oxygen atoms in total. The number of benzene rings is 1. The third-order valence-electron chi connectivity index (χ3n) is 3.67. The molecule has 0 saturated carbocycles. The van der Waals surface area contributed by atoms with Crippen molar-refractivity contribution in [3.8, 4) is 0 Å². The van der Waals surface area contributed by atoms with Gasteiger partial charge < -0.3 is 13.9 Å². The zero-order chi connectivity index (χ0) is 15.5. The van der Waals surface area contributed by atoms with Crippen LogP contribution in [0.4, 0.5) is 4.39 Å². The van der Waals surface area contributed by atoms with Crippen molar-refractivity contribution in [2.24, 2.45) is 0 Å². The van der Waals surface area contributed by atoms with Gasteiger partial charge in [-0.25, -0.2) is 4.39 Å². The van der Waals surface area contributed by atoms with E-state index in [0.29, 0.717) is 25.2 Å². The van der Waals surface area contributed by atoms with Crippen LogP contribution in [0.3, 0.4) is 0 Å². The van der Waals surface area contributed by atoms with Gasteiger partial charge in [-0.15, -0.1) is 0 Å². The monoisotopic (exact) mass is 300 g/mol. The fourth-order valence-electron chi connectivity index (χ4n) is 2.58. The summed E-state index contributed by atoms with van der Waals surface area (Å²) in [6.45, 7) is 1.52. The largest absolute Gasteiger partial charge is 0.383 e. The normalized spacial score (nSPS) is 11.2. The first-order valence-corrected chi connectivity index (χ1v) is 7.11. The summed E-state index contributed by atoms with van der Waals surface area (Å²) in [6.07, 6.45) is 3.63. The number of hydrogen-bond acceptors (Lipinski definition) is 2. The van der Waals surface area contributed by atoms with E-state index >= 15 is 0 Å². The first-order chi connectivity index (χ1) is 10.7. The van der Waals surface area contributed by atoms with E-state index < -0.39 is 0 Å². The van der Waals surface area contributed by atoms with E-state index in [0.717, 1.165) is 10.9 Å². The molecule has 1 aromatic carbocycles. The van der Waals surface area contributed by atoms with Crippen LogP contribution in [-0.4, -0.2) is 22.9 Å². The third-order valence-corrected chi connectivity index (χ3v) is 3.67. The third kappa shape index (κ3) is 2.80. The van der Waals surface area contributed by atoms with Crippen molar-refractivity contribution in [1.82, 2.24) is 9.13 Å². The number of methoxy groups -OCH3 is 1. The highest BCUT2D eigenvalue weighted by atomic mass is 19.1. The molecule has 0 unspecified atom stereocenters. The molecular formula is C17H17FN2O2. The van der Waals surface area contributed by atoms with E-state index in [1.54, 1.807) is 23.9 Å². The highest BCUT2D eigenvalue weighted by molar-refractivity contribution is 5.78. The standard InChI is InChI=1S/C17H17FN2O2/c1-22-10-9-19-7-5-14-6-8-20(17(21)16(14)19)12-13-3-2-4-15(18)11-13/h2-8,11H,9-10,12H2,1H3. The number of fused-ring (bicyclic) bond motifs is 1. The highest BCUT2D eigenvalue weighted by Crippen LogP contribution is 2.12. The Hall–Kier alpha value is -2.40. The van der Waals surface area contributed by atoms with E-state index in [2.05, 4.69) is 0 Å². The molecule has 2 aromatic heterocycles. The van der Waals surface area contributed by atoms with Gasteiger partial charge in [0.25, 0.3) is 5.56 Å². The zero-order valence-corrected chi connectivity index (χ0v) is 12.3. The quantitative estimate of drug-likeness (QED) is 0.726. The molecule has 2 heterocycles. The zero-order valence-electron chi connectivity index (χ0n) is 12.3. The molecule has 0 N–H and O–H groups in total. The minimum absolute atomic E-state index is 0.0807. The molecule has 0 spiro atoms. The van der Waals surface area contributed by atoms with E-state index in [4.69, 9.17) is 4.74 Å². The Morgan fingerprint density at radius 1 is 1.14 bits per heavy atom. The van der Waals surface area contributed by atoms with Crippen LogP contribution in [0.25, 0.3) is 10.9 Å². The van der Waals surface area contributed by atoms with Gasteiger partial charge in [-0.2, -0.15) is 0 Å². The number of pyridine rings is 1. The maximum Gasteiger partial charge on any atom is 0.275 e. The minimum Gasteiger partial charge on any atom is -0.383 e. The number of rotatable bonds is 5. The Morgan fingerprint density at radius 3 is 2.64 bits per heavy atom. The molecule has 0 aliphatic carbocycles. The van der Waals surface area contributed by atoms with E-state index in [9.17, 15) is 9.18 Å². The Balaban J connectivity index is 2.00. The molecule has 0 radical (unpaired) electrons. The van der Waals surface area contributed by atoms with Crippen LogP contribution in [0, 0.1) is 5.82 Å². The lowest BCUT2D eigenvalue weighted by Gasteiger charge is -2.09. The number of aromatic nitrogens is 2. The molecule has 3 aromatic rings. The predicted molar refractivity (Wildman–Crippen MR) is 83.6 cm³/mol. The number of nitrogens with zero attached hydrogens (tertiary/aromatic N) is 2. The van der Waals surface area contributed by atoms with Gasteiger partial charge in [0.1, 0.15) is 11.3 Å². The van der Waals surface area contributed by atoms with Gasteiger partial charge in [0, 0.05) is 31.4 Å². The lowest BCUT2D eigenvalue weighted by molar-refractivity contribution is 0.188. The molecule has 0 fully saturated rings. The smallest absolute Gasteiger partial charge is 0.275 e. The summed E-state index contributed by atoms with van der Waals surface area (Å²) in [7, 11) is 1.63. The van der Waals surface area contributed by atoms with Crippen LogP contribution in [0.2, 0.25) is 0 Å². The minimum atomic E-state index is -0.296. The average molecular weight is 300 g/mol. The van der Waals surface area contributed by atoms with Crippen LogP contribution in [-0.2, 0) is 17.8 Å². The lowest BCUT2D eigenvalue weighted by Crippen LogP contribution is -2.22. The molecule has 0 atom stereocenters. The van der Waals surface area contributed by atoms with Crippen LogP contribution in [0.15, 0.2) is 53.6 Å². The molecule has 0 amide bonds. The molecule has 0 bridgehead atoms. The number of halogens is 1. The molecule has 0 aliphatic rings. The maximum absolute atomic E-state index is 13.3.